The molecule has 1 atom stereocenters. The van der Waals surface area contributed by atoms with Crippen LogP contribution in [0.5, 0.6) is 0 Å². The summed E-state index contributed by atoms with van der Waals surface area (Å²) >= 11 is 1.90. The maximum absolute atomic E-state index is 11.2. The van der Waals surface area contributed by atoms with Gasteiger partial charge in [0, 0.05) is 25.4 Å². The molecule has 1 rings (SSSR count). The van der Waals surface area contributed by atoms with Crippen LogP contribution in [-0.4, -0.2) is 42.3 Å². The van der Waals surface area contributed by atoms with Gasteiger partial charge in [-0.2, -0.15) is 11.8 Å². The molecule has 0 aromatic heterocycles. The summed E-state index contributed by atoms with van der Waals surface area (Å²) in [6.45, 7) is 5.17. The fraction of sp³-hybridized carbons (Fsp3) is 0.900. The Balaban J connectivity index is 2.17. The Morgan fingerprint density at radius 2 is 2.38 bits per heavy atom. The molecule has 0 saturated carbocycles. The predicted molar refractivity (Wildman–Crippen MR) is 58.2 cm³/mol. The Labute approximate surface area is 85.1 Å². The molecule has 13 heavy (non-hydrogen) atoms. The topological polar surface area (TPSA) is 20.3 Å². The van der Waals surface area contributed by atoms with Crippen molar-refractivity contribution in [3.63, 3.8) is 0 Å². The molecule has 2 nitrogen and oxygen atoms in total. The van der Waals surface area contributed by atoms with Crippen LogP contribution in [0.1, 0.15) is 19.8 Å². The first-order chi connectivity index (χ1) is 6.24. The third-order valence-corrected chi connectivity index (χ3v) is 3.28. The van der Waals surface area contributed by atoms with E-state index in [0.29, 0.717) is 5.78 Å². The lowest BCUT2D eigenvalue weighted by Crippen LogP contribution is -2.40. The van der Waals surface area contributed by atoms with Crippen molar-refractivity contribution in [2.45, 2.75) is 19.8 Å². The molecule has 3 heteroatoms. The fourth-order valence-corrected chi connectivity index (χ4v) is 2.15. The summed E-state index contributed by atoms with van der Waals surface area (Å²) < 4.78 is 0. The number of carbonyl (C=O) groups excluding carboxylic acids is 1. The highest BCUT2D eigenvalue weighted by Gasteiger charge is 2.22. The van der Waals surface area contributed by atoms with Gasteiger partial charge in [0.15, 0.2) is 0 Å². The average Bonchev–Trinajstić information content (AvgIpc) is 2.12. The predicted octanol–water partition coefficient (Wildman–Crippen LogP) is 1.65. The summed E-state index contributed by atoms with van der Waals surface area (Å²) in [5.74, 6) is 1.95. The van der Waals surface area contributed by atoms with Gasteiger partial charge in [0.05, 0.1) is 0 Å². The number of rotatable bonds is 4. The van der Waals surface area contributed by atoms with E-state index in [1.54, 1.807) is 0 Å². The first-order valence-corrected chi connectivity index (χ1v) is 6.37. The van der Waals surface area contributed by atoms with Crippen molar-refractivity contribution in [2.24, 2.45) is 5.92 Å². The number of hydrogen-bond donors (Lipinski definition) is 0. The maximum Gasteiger partial charge on any atom is 0.138 e. The smallest absolute Gasteiger partial charge is 0.138 e. The van der Waals surface area contributed by atoms with Crippen molar-refractivity contribution < 1.29 is 4.79 Å². The molecule has 0 aromatic carbocycles. The number of hydrogen-bond acceptors (Lipinski definition) is 3. The lowest BCUT2D eigenvalue weighted by atomic mass is 9.99. The quantitative estimate of drug-likeness (QED) is 0.645. The van der Waals surface area contributed by atoms with Gasteiger partial charge in [-0.25, -0.2) is 0 Å². The Morgan fingerprint density at radius 1 is 1.62 bits per heavy atom. The summed E-state index contributed by atoms with van der Waals surface area (Å²) in [7, 11) is 0. The highest BCUT2D eigenvalue weighted by molar-refractivity contribution is 7.98. The van der Waals surface area contributed by atoms with Gasteiger partial charge in [-0.3, -0.25) is 4.79 Å². The Kier molecular flexibility index (Phi) is 4.81. The van der Waals surface area contributed by atoms with Crippen LogP contribution in [0.25, 0.3) is 0 Å². The molecule has 0 bridgehead atoms. The molecule has 1 unspecified atom stereocenters. The van der Waals surface area contributed by atoms with Crippen LogP contribution in [-0.2, 0) is 4.79 Å². The molecule has 1 aliphatic heterocycles. The van der Waals surface area contributed by atoms with Gasteiger partial charge in [-0.1, -0.05) is 6.92 Å². The fourth-order valence-electron chi connectivity index (χ4n) is 1.73. The number of nitrogens with zero attached hydrogens (tertiary/aromatic N) is 1. The zero-order valence-electron chi connectivity index (χ0n) is 8.58. The van der Waals surface area contributed by atoms with Crippen LogP contribution in [0.4, 0.5) is 0 Å². The highest BCUT2D eigenvalue weighted by atomic mass is 32.2. The molecule has 0 spiro atoms. The van der Waals surface area contributed by atoms with Gasteiger partial charge in [-0.15, -0.1) is 0 Å². The molecule has 0 radical (unpaired) electrons. The van der Waals surface area contributed by atoms with Crippen molar-refractivity contribution in [3.8, 4) is 0 Å². The van der Waals surface area contributed by atoms with Crippen molar-refractivity contribution in [2.75, 3.05) is 31.6 Å². The van der Waals surface area contributed by atoms with Gasteiger partial charge in [0.2, 0.25) is 0 Å². The van der Waals surface area contributed by atoms with E-state index in [0.717, 1.165) is 19.5 Å². The number of ketones is 1. The van der Waals surface area contributed by atoms with Gasteiger partial charge < -0.3 is 4.90 Å². The second-order valence-electron chi connectivity index (χ2n) is 3.76. The van der Waals surface area contributed by atoms with E-state index in [9.17, 15) is 4.79 Å². The minimum absolute atomic E-state index is 0.267. The minimum Gasteiger partial charge on any atom is -0.302 e. The lowest BCUT2D eigenvalue weighted by molar-refractivity contribution is -0.125. The van der Waals surface area contributed by atoms with E-state index >= 15 is 0 Å². The van der Waals surface area contributed by atoms with Crippen molar-refractivity contribution in [3.05, 3.63) is 0 Å². The molecule has 1 fully saturated rings. The SMILES string of the molecule is CSCCCN1CCC(=O)C(C)C1. The van der Waals surface area contributed by atoms with E-state index in [1.165, 1.54) is 18.7 Å². The molecule has 0 N–H and O–H groups in total. The summed E-state index contributed by atoms with van der Waals surface area (Å²) in [5.41, 5.74) is 0. The average molecular weight is 201 g/mol. The summed E-state index contributed by atoms with van der Waals surface area (Å²) in [6, 6.07) is 0. The van der Waals surface area contributed by atoms with E-state index in [2.05, 4.69) is 11.2 Å². The van der Waals surface area contributed by atoms with Gasteiger partial charge in [0.25, 0.3) is 0 Å². The third kappa shape index (κ3) is 3.69. The zero-order valence-corrected chi connectivity index (χ0v) is 9.40. The molecule has 0 aromatic rings. The number of thioether (sulfide) groups is 1. The van der Waals surface area contributed by atoms with Crippen LogP contribution in [0, 0.1) is 5.92 Å². The Morgan fingerprint density at radius 3 is 3.00 bits per heavy atom. The van der Waals surface area contributed by atoms with Crippen molar-refractivity contribution in [1.29, 1.82) is 0 Å². The second-order valence-corrected chi connectivity index (χ2v) is 4.75. The molecular formula is C10H19NOS. The van der Waals surface area contributed by atoms with Gasteiger partial charge >= 0.3 is 0 Å². The minimum atomic E-state index is 0.267. The van der Waals surface area contributed by atoms with Crippen molar-refractivity contribution in [1.82, 2.24) is 4.90 Å². The maximum atomic E-state index is 11.2. The first-order valence-electron chi connectivity index (χ1n) is 4.98. The van der Waals surface area contributed by atoms with Gasteiger partial charge in [-0.05, 0) is 25.0 Å². The van der Waals surface area contributed by atoms with Crippen LogP contribution in [0.2, 0.25) is 0 Å². The number of Topliss-reactive ketones (excluding diaryl/α,β-unsaturated/α-hetero) is 1. The molecule has 1 saturated heterocycles. The third-order valence-electron chi connectivity index (χ3n) is 2.58. The monoisotopic (exact) mass is 201 g/mol. The zero-order chi connectivity index (χ0) is 9.68. The molecule has 76 valence electrons. The van der Waals surface area contributed by atoms with E-state index in [-0.39, 0.29) is 5.92 Å². The summed E-state index contributed by atoms with van der Waals surface area (Å²) in [6.07, 6.45) is 4.16. The van der Waals surface area contributed by atoms with E-state index in [1.807, 2.05) is 18.7 Å². The highest BCUT2D eigenvalue weighted by Crippen LogP contribution is 2.12. The largest absolute Gasteiger partial charge is 0.302 e. The summed E-state index contributed by atoms with van der Waals surface area (Å²) in [4.78, 5) is 13.7. The summed E-state index contributed by atoms with van der Waals surface area (Å²) in [5, 5.41) is 0. The number of piperidine rings is 1. The van der Waals surface area contributed by atoms with Gasteiger partial charge in [0.1, 0.15) is 5.78 Å². The standard InChI is InChI=1S/C10H19NOS/c1-9-8-11(5-3-7-13-2)6-4-10(9)12/h9H,3-8H2,1-2H3. The number of carbonyl (C=O) groups is 1. The molecule has 0 aliphatic carbocycles. The van der Waals surface area contributed by atoms with Crippen LogP contribution in [0.15, 0.2) is 0 Å². The lowest BCUT2D eigenvalue weighted by Gasteiger charge is -2.29. The second kappa shape index (κ2) is 5.66. The normalized spacial score (nSPS) is 25.1. The van der Waals surface area contributed by atoms with Crippen LogP contribution >= 0.6 is 11.8 Å². The molecule has 0 amide bonds. The first kappa shape index (κ1) is 11.1. The molecule has 1 aliphatic rings. The Bertz CT molecular complexity index is 172. The molecular weight excluding hydrogens is 182 g/mol. The molecule has 1 heterocycles. The Hall–Kier alpha value is -0.0200. The van der Waals surface area contributed by atoms with Crippen molar-refractivity contribution >= 4 is 17.5 Å². The van der Waals surface area contributed by atoms with E-state index < -0.39 is 0 Å². The van der Waals surface area contributed by atoms with Crippen LogP contribution < -0.4 is 0 Å². The number of likely N-dealkylation sites (tertiary alicyclic amines) is 1. The van der Waals surface area contributed by atoms with E-state index in [4.69, 9.17) is 0 Å². The van der Waals surface area contributed by atoms with Crippen LogP contribution in [0.3, 0.4) is 0 Å².